The summed E-state index contributed by atoms with van der Waals surface area (Å²) < 4.78 is 0.999. The Hall–Kier alpha value is -0.880. The molecule has 1 aromatic heterocycles. The van der Waals surface area contributed by atoms with Crippen molar-refractivity contribution in [1.82, 2.24) is 5.32 Å². The van der Waals surface area contributed by atoms with E-state index in [1.54, 1.807) is 11.3 Å². The fourth-order valence-electron chi connectivity index (χ4n) is 2.08. The SMILES string of the molecule is O=C(CC1(C(=O)O)CCC1)NCc1ccsc1Br. The molecule has 1 aromatic rings. The van der Waals surface area contributed by atoms with Crippen LogP contribution in [0.2, 0.25) is 0 Å². The minimum absolute atomic E-state index is 0.0874. The second-order valence-corrected chi connectivity index (χ2v) is 6.85. The standard InChI is InChI=1S/C12H14BrNO3S/c13-10-8(2-5-18-10)7-14-9(15)6-12(11(16)17)3-1-4-12/h2,5H,1,3-4,6-7H2,(H,14,15)(H,16,17). The largest absolute Gasteiger partial charge is 0.481 e. The molecule has 0 unspecified atom stereocenters. The highest BCUT2D eigenvalue weighted by Crippen LogP contribution is 2.44. The van der Waals surface area contributed by atoms with Crippen molar-refractivity contribution in [1.29, 1.82) is 0 Å². The number of carboxylic acids is 1. The number of carbonyl (C=O) groups excluding carboxylic acids is 1. The molecule has 0 bridgehead atoms. The third kappa shape index (κ3) is 2.75. The molecule has 18 heavy (non-hydrogen) atoms. The Bertz CT molecular complexity index is 468. The van der Waals surface area contributed by atoms with E-state index < -0.39 is 11.4 Å². The van der Waals surface area contributed by atoms with Gasteiger partial charge in [-0.2, -0.15) is 0 Å². The molecule has 0 aliphatic heterocycles. The first-order valence-corrected chi connectivity index (χ1v) is 7.43. The van der Waals surface area contributed by atoms with Gasteiger partial charge in [-0.3, -0.25) is 9.59 Å². The van der Waals surface area contributed by atoms with Gasteiger partial charge in [-0.05, 0) is 45.8 Å². The van der Waals surface area contributed by atoms with Crippen LogP contribution in [0.15, 0.2) is 15.2 Å². The molecule has 0 atom stereocenters. The van der Waals surface area contributed by atoms with Gasteiger partial charge in [0.25, 0.3) is 0 Å². The smallest absolute Gasteiger partial charge is 0.310 e. The number of halogens is 1. The summed E-state index contributed by atoms with van der Waals surface area (Å²) >= 11 is 4.96. The Morgan fingerprint density at radius 2 is 2.22 bits per heavy atom. The molecule has 0 spiro atoms. The zero-order chi connectivity index (χ0) is 13.2. The van der Waals surface area contributed by atoms with Gasteiger partial charge >= 0.3 is 5.97 Å². The van der Waals surface area contributed by atoms with E-state index in [1.165, 1.54) is 0 Å². The van der Waals surface area contributed by atoms with Crippen LogP contribution in [-0.2, 0) is 16.1 Å². The second-order valence-electron chi connectivity index (χ2n) is 4.61. The molecule has 1 saturated carbocycles. The number of aliphatic carboxylic acids is 1. The van der Waals surface area contributed by atoms with Crippen molar-refractivity contribution in [2.45, 2.75) is 32.2 Å². The van der Waals surface area contributed by atoms with E-state index in [2.05, 4.69) is 21.2 Å². The van der Waals surface area contributed by atoms with Crippen LogP contribution in [0, 0.1) is 5.41 Å². The number of hydrogen-bond acceptors (Lipinski definition) is 3. The van der Waals surface area contributed by atoms with Gasteiger partial charge in [-0.1, -0.05) is 6.42 Å². The van der Waals surface area contributed by atoms with Crippen molar-refractivity contribution < 1.29 is 14.7 Å². The lowest BCUT2D eigenvalue weighted by atomic mass is 9.66. The highest BCUT2D eigenvalue weighted by molar-refractivity contribution is 9.11. The zero-order valence-electron chi connectivity index (χ0n) is 9.74. The number of carbonyl (C=O) groups is 2. The Balaban J connectivity index is 1.86. The third-order valence-corrected chi connectivity index (χ3v) is 5.24. The fraction of sp³-hybridized carbons (Fsp3) is 0.500. The van der Waals surface area contributed by atoms with Crippen molar-refractivity contribution in [3.8, 4) is 0 Å². The number of amides is 1. The molecule has 2 N–H and O–H groups in total. The molecule has 4 nitrogen and oxygen atoms in total. The van der Waals surface area contributed by atoms with Crippen LogP contribution in [-0.4, -0.2) is 17.0 Å². The Morgan fingerprint density at radius 1 is 1.50 bits per heavy atom. The van der Waals surface area contributed by atoms with Gasteiger partial charge in [0.05, 0.1) is 9.20 Å². The third-order valence-electron chi connectivity index (χ3n) is 3.43. The summed E-state index contributed by atoms with van der Waals surface area (Å²) in [5.74, 6) is -1.03. The first kappa shape index (κ1) is 13.5. The molecule has 98 valence electrons. The summed E-state index contributed by atoms with van der Waals surface area (Å²) in [6.07, 6.45) is 2.20. The summed E-state index contributed by atoms with van der Waals surface area (Å²) in [7, 11) is 0. The summed E-state index contributed by atoms with van der Waals surface area (Å²) in [4.78, 5) is 22.9. The quantitative estimate of drug-likeness (QED) is 0.871. The fourth-order valence-corrected chi connectivity index (χ4v) is 3.32. The maximum atomic E-state index is 11.8. The molecule has 0 radical (unpaired) electrons. The maximum Gasteiger partial charge on any atom is 0.310 e. The lowest BCUT2D eigenvalue weighted by Gasteiger charge is -2.36. The molecule has 0 saturated heterocycles. The van der Waals surface area contributed by atoms with Gasteiger partial charge in [0, 0.05) is 13.0 Å². The van der Waals surface area contributed by atoms with Crippen LogP contribution < -0.4 is 5.32 Å². The highest BCUT2D eigenvalue weighted by Gasteiger charge is 2.45. The van der Waals surface area contributed by atoms with E-state index in [9.17, 15) is 9.59 Å². The lowest BCUT2D eigenvalue weighted by Crippen LogP contribution is -2.42. The van der Waals surface area contributed by atoms with E-state index in [0.29, 0.717) is 19.4 Å². The normalized spacial score (nSPS) is 16.9. The van der Waals surface area contributed by atoms with Crippen LogP contribution >= 0.6 is 27.3 Å². The Kier molecular flexibility index (Phi) is 4.07. The van der Waals surface area contributed by atoms with Crippen molar-refractivity contribution in [2.24, 2.45) is 5.41 Å². The molecule has 1 heterocycles. The van der Waals surface area contributed by atoms with E-state index >= 15 is 0 Å². The second kappa shape index (κ2) is 5.40. The van der Waals surface area contributed by atoms with E-state index in [4.69, 9.17) is 5.11 Å². The Labute approximate surface area is 118 Å². The minimum Gasteiger partial charge on any atom is -0.481 e. The first-order chi connectivity index (χ1) is 8.53. The minimum atomic E-state index is -0.847. The number of nitrogens with one attached hydrogen (secondary N) is 1. The molecule has 1 aliphatic rings. The summed E-state index contributed by atoms with van der Waals surface area (Å²) in [5.41, 5.74) is 0.210. The van der Waals surface area contributed by atoms with Gasteiger partial charge in [0.15, 0.2) is 0 Å². The van der Waals surface area contributed by atoms with Crippen LogP contribution in [0.5, 0.6) is 0 Å². The van der Waals surface area contributed by atoms with Crippen molar-refractivity contribution in [3.05, 3.63) is 20.8 Å². The molecular weight excluding hydrogens is 318 g/mol. The molecule has 6 heteroatoms. The topological polar surface area (TPSA) is 66.4 Å². The van der Waals surface area contributed by atoms with E-state index in [0.717, 1.165) is 15.8 Å². The highest BCUT2D eigenvalue weighted by atomic mass is 79.9. The monoisotopic (exact) mass is 331 g/mol. The number of hydrogen-bond donors (Lipinski definition) is 2. The van der Waals surface area contributed by atoms with Crippen LogP contribution in [0.1, 0.15) is 31.2 Å². The molecule has 0 aromatic carbocycles. The molecule has 1 fully saturated rings. The van der Waals surface area contributed by atoms with Gasteiger partial charge in [0.1, 0.15) is 0 Å². The molecule has 1 amide bonds. The molecule has 1 aliphatic carbocycles. The van der Waals surface area contributed by atoms with Crippen molar-refractivity contribution in [2.75, 3.05) is 0 Å². The lowest BCUT2D eigenvalue weighted by molar-refractivity contribution is -0.157. The summed E-state index contributed by atoms with van der Waals surface area (Å²) in [5, 5.41) is 13.9. The number of rotatable bonds is 5. The molecular formula is C12H14BrNO3S. The maximum absolute atomic E-state index is 11.8. The predicted octanol–water partition coefficient (Wildman–Crippen LogP) is 2.77. The van der Waals surface area contributed by atoms with Gasteiger partial charge < -0.3 is 10.4 Å². The van der Waals surface area contributed by atoms with Gasteiger partial charge in [-0.25, -0.2) is 0 Å². The predicted molar refractivity (Wildman–Crippen MR) is 72.4 cm³/mol. The average molecular weight is 332 g/mol. The number of thiophene rings is 1. The van der Waals surface area contributed by atoms with Gasteiger partial charge in [0.2, 0.25) is 5.91 Å². The average Bonchev–Trinajstić information content (AvgIpc) is 2.66. The van der Waals surface area contributed by atoms with Crippen LogP contribution in [0.4, 0.5) is 0 Å². The molecule has 2 rings (SSSR count). The van der Waals surface area contributed by atoms with Crippen LogP contribution in [0.25, 0.3) is 0 Å². The van der Waals surface area contributed by atoms with Gasteiger partial charge in [-0.15, -0.1) is 11.3 Å². The van der Waals surface area contributed by atoms with E-state index in [-0.39, 0.29) is 12.3 Å². The summed E-state index contributed by atoms with van der Waals surface area (Å²) in [6.45, 7) is 0.443. The Morgan fingerprint density at radius 3 is 2.67 bits per heavy atom. The summed E-state index contributed by atoms with van der Waals surface area (Å²) in [6, 6.07) is 1.94. The van der Waals surface area contributed by atoms with E-state index in [1.807, 2.05) is 11.4 Å². The number of carboxylic acid groups (broad SMARTS) is 1. The van der Waals surface area contributed by atoms with Crippen molar-refractivity contribution in [3.63, 3.8) is 0 Å². The zero-order valence-corrected chi connectivity index (χ0v) is 12.1. The van der Waals surface area contributed by atoms with Crippen LogP contribution in [0.3, 0.4) is 0 Å². The van der Waals surface area contributed by atoms with Crippen molar-refractivity contribution >= 4 is 39.1 Å². The first-order valence-electron chi connectivity index (χ1n) is 5.75.